The first-order valence-electron chi connectivity index (χ1n) is 5.17. The molecule has 1 aliphatic rings. The van der Waals surface area contributed by atoms with Crippen LogP contribution in [0.1, 0.15) is 30.6 Å². The van der Waals surface area contributed by atoms with Crippen LogP contribution in [0.2, 0.25) is 0 Å². The molecule has 0 spiro atoms. The Kier molecular flexibility index (Phi) is 2.68. The zero-order valence-corrected chi connectivity index (χ0v) is 8.73. The number of hydrogen-bond acceptors (Lipinski definition) is 3. The van der Waals surface area contributed by atoms with Crippen molar-refractivity contribution >= 4 is 5.91 Å². The Morgan fingerprint density at radius 1 is 1.73 bits per heavy atom. The van der Waals surface area contributed by atoms with E-state index in [9.17, 15) is 4.79 Å². The van der Waals surface area contributed by atoms with Crippen molar-refractivity contribution in [2.24, 2.45) is 5.73 Å². The third-order valence-electron chi connectivity index (χ3n) is 2.84. The standard InChI is InChI=1S/C11H15N3O/c1-7(11(12)15)14-9-5-4-8-3-2-6-13-10(8)9/h2-3,6-7,9,14H,4-5H2,1H3,(H2,12,15). The molecule has 3 N–H and O–H groups in total. The first-order chi connectivity index (χ1) is 7.18. The molecule has 0 bridgehead atoms. The van der Waals surface area contributed by atoms with E-state index in [1.807, 2.05) is 6.07 Å². The highest BCUT2D eigenvalue weighted by Crippen LogP contribution is 2.28. The van der Waals surface area contributed by atoms with Crippen molar-refractivity contribution in [1.82, 2.24) is 10.3 Å². The van der Waals surface area contributed by atoms with Gasteiger partial charge in [0, 0.05) is 6.20 Å². The van der Waals surface area contributed by atoms with Crippen LogP contribution in [0.3, 0.4) is 0 Å². The molecule has 2 atom stereocenters. The molecule has 4 heteroatoms. The van der Waals surface area contributed by atoms with Crippen molar-refractivity contribution < 1.29 is 4.79 Å². The Morgan fingerprint density at radius 2 is 2.53 bits per heavy atom. The molecule has 1 aromatic rings. The number of hydrogen-bond donors (Lipinski definition) is 2. The lowest BCUT2D eigenvalue weighted by atomic mass is 10.2. The number of carbonyl (C=O) groups is 1. The monoisotopic (exact) mass is 205 g/mol. The summed E-state index contributed by atoms with van der Waals surface area (Å²) in [7, 11) is 0. The molecule has 0 fully saturated rings. The van der Waals surface area contributed by atoms with Crippen LogP contribution in [0, 0.1) is 0 Å². The summed E-state index contributed by atoms with van der Waals surface area (Å²) in [6.07, 6.45) is 3.80. The van der Waals surface area contributed by atoms with Crippen LogP contribution in [0.15, 0.2) is 18.3 Å². The second-order valence-corrected chi connectivity index (χ2v) is 3.93. The molecule has 0 saturated carbocycles. The molecule has 0 radical (unpaired) electrons. The van der Waals surface area contributed by atoms with Crippen molar-refractivity contribution in [3.8, 4) is 0 Å². The maximum atomic E-state index is 10.9. The molecule has 2 unspecified atom stereocenters. The van der Waals surface area contributed by atoms with Crippen LogP contribution < -0.4 is 11.1 Å². The third-order valence-corrected chi connectivity index (χ3v) is 2.84. The molecule has 1 amide bonds. The average Bonchev–Trinajstić information content (AvgIpc) is 2.62. The Hall–Kier alpha value is -1.42. The summed E-state index contributed by atoms with van der Waals surface area (Å²) < 4.78 is 0. The quantitative estimate of drug-likeness (QED) is 0.756. The summed E-state index contributed by atoms with van der Waals surface area (Å²) in [6.45, 7) is 1.78. The van der Waals surface area contributed by atoms with Gasteiger partial charge in [-0.05, 0) is 31.4 Å². The maximum absolute atomic E-state index is 10.9. The van der Waals surface area contributed by atoms with Gasteiger partial charge >= 0.3 is 0 Å². The predicted octanol–water partition coefficient (Wildman–Crippen LogP) is 0.532. The number of amides is 1. The fraction of sp³-hybridized carbons (Fsp3) is 0.455. The molecule has 1 aromatic heterocycles. The van der Waals surface area contributed by atoms with Crippen LogP contribution in [0.25, 0.3) is 0 Å². The number of carbonyl (C=O) groups excluding carboxylic acids is 1. The van der Waals surface area contributed by atoms with E-state index in [-0.39, 0.29) is 18.0 Å². The Balaban J connectivity index is 2.11. The predicted molar refractivity (Wildman–Crippen MR) is 57.1 cm³/mol. The molecule has 0 aromatic carbocycles. The lowest BCUT2D eigenvalue weighted by Crippen LogP contribution is -2.40. The van der Waals surface area contributed by atoms with Crippen LogP contribution in [0.4, 0.5) is 0 Å². The molecule has 2 rings (SSSR count). The number of rotatable bonds is 3. The van der Waals surface area contributed by atoms with Gasteiger partial charge < -0.3 is 5.73 Å². The smallest absolute Gasteiger partial charge is 0.234 e. The number of nitrogens with two attached hydrogens (primary N) is 1. The van der Waals surface area contributed by atoms with Crippen LogP contribution >= 0.6 is 0 Å². The maximum Gasteiger partial charge on any atom is 0.234 e. The first-order valence-corrected chi connectivity index (χ1v) is 5.17. The van der Waals surface area contributed by atoms with Gasteiger partial charge in [-0.25, -0.2) is 0 Å². The van der Waals surface area contributed by atoms with Crippen molar-refractivity contribution in [2.45, 2.75) is 31.8 Å². The van der Waals surface area contributed by atoms with E-state index >= 15 is 0 Å². The number of nitrogens with zero attached hydrogens (tertiary/aromatic N) is 1. The fourth-order valence-corrected chi connectivity index (χ4v) is 1.96. The van der Waals surface area contributed by atoms with Crippen LogP contribution in [-0.2, 0) is 11.2 Å². The van der Waals surface area contributed by atoms with E-state index < -0.39 is 0 Å². The minimum Gasteiger partial charge on any atom is -0.368 e. The average molecular weight is 205 g/mol. The summed E-state index contributed by atoms with van der Waals surface area (Å²) in [6, 6.07) is 3.89. The van der Waals surface area contributed by atoms with Crippen LogP contribution in [-0.4, -0.2) is 16.9 Å². The highest BCUT2D eigenvalue weighted by molar-refractivity contribution is 5.79. The fourth-order valence-electron chi connectivity index (χ4n) is 1.96. The topological polar surface area (TPSA) is 68.0 Å². The number of fused-ring (bicyclic) bond motifs is 1. The Morgan fingerprint density at radius 3 is 3.27 bits per heavy atom. The summed E-state index contributed by atoms with van der Waals surface area (Å²) in [5.41, 5.74) is 7.54. The van der Waals surface area contributed by atoms with Gasteiger partial charge in [-0.3, -0.25) is 15.1 Å². The van der Waals surface area contributed by atoms with Crippen molar-refractivity contribution in [1.29, 1.82) is 0 Å². The molecule has 0 aliphatic heterocycles. The minimum absolute atomic E-state index is 0.170. The van der Waals surface area contributed by atoms with Crippen LogP contribution in [0.5, 0.6) is 0 Å². The van der Waals surface area contributed by atoms with Gasteiger partial charge in [-0.1, -0.05) is 6.07 Å². The second-order valence-electron chi connectivity index (χ2n) is 3.93. The van der Waals surface area contributed by atoms with Gasteiger partial charge in [0.25, 0.3) is 0 Å². The third kappa shape index (κ3) is 1.99. The first kappa shape index (κ1) is 10.1. The molecular weight excluding hydrogens is 190 g/mol. The van der Waals surface area contributed by atoms with E-state index in [0.29, 0.717) is 0 Å². The van der Waals surface area contributed by atoms with E-state index in [1.54, 1.807) is 13.1 Å². The summed E-state index contributed by atoms with van der Waals surface area (Å²) >= 11 is 0. The molecule has 15 heavy (non-hydrogen) atoms. The number of aryl methyl sites for hydroxylation is 1. The lowest BCUT2D eigenvalue weighted by molar-refractivity contribution is -0.119. The largest absolute Gasteiger partial charge is 0.368 e. The number of aromatic nitrogens is 1. The number of nitrogens with one attached hydrogen (secondary N) is 1. The molecule has 1 heterocycles. The van der Waals surface area contributed by atoms with E-state index in [4.69, 9.17) is 5.73 Å². The molecular formula is C11H15N3O. The normalized spacial score (nSPS) is 21.0. The SMILES string of the molecule is CC(NC1CCc2cccnc21)C(N)=O. The summed E-state index contributed by atoms with van der Waals surface area (Å²) in [4.78, 5) is 15.3. The van der Waals surface area contributed by atoms with E-state index in [2.05, 4.69) is 16.4 Å². The van der Waals surface area contributed by atoms with Gasteiger partial charge in [-0.15, -0.1) is 0 Å². The lowest BCUT2D eigenvalue weighted by Gasteiger charge is -2.16. The zero-order valence-electron chi connectivity index (χ0n) is 8.73. The van der Waals surface area contributed by atoms with Crippen molar-refractivity contribution in [3.63, 3.8) is 0 Å². The number of pyridine rings is 1. The Labute approximate surface area is 88.9 Å². The Bertz CT molecular complexity index is 378. The number of primary amides is 1. The zero-order chi connectivity index (χ0) is 10.8. The van der Waals surface area contributed by atoms with Crippen molar-refractivity contribution in [3.05, 3.63) is 29.6 Å². The minimum atomic E-state index is -0.320. The highest BCUT2D eigenvalue weighted by Gasteiger charge is 2.25. The van der Waals surface area contributed by atoms with E-state index in [1.165, 1.54) is 5.56 Å². The summed E-state index contributed by atoms with van der Waals surface area (Å²) in [5.74, 6) is -0.320. The van der Waals surface area contributed by atoms with Crippen molar-refractivity contribution in [2.75, 3.05) is 0 Å². The van der Waals surface area contributed by atoms with Gasteiger partial charge in [0.05, 0.1) is 17.8 Å². The van der Waals surface area contributed by atoms with Gasteiger partial charge in [-0.2, -0.15) is 0 Å². The molecule has 4 nitrogen and oxygen atoms in total. The summed E-state index contributed by atoms with van der Waals surface area (Å²) in [5, 5.41) is 3.20. The highest BCUT2D eigenvalue weighted by atomic mass is 16.1. The van der Waals surface area contributed by atoms with Gasteiger partial charge in [0.2, 0.25) is 5.91 Å². The van der Waals surface area contributed by atoms with Gasteiger partial charge in [0.15, 0.2) is 0 Å². The van der Waals surface area contributed by atoms with Gasteiger partial charge in [0.1, 0.15) is 0 Å². The molecule has 0 saturated heterocycles. The molecule has 1 aliphatic carbocycles. The van der Waals surface area contributed by atoms with E-state index in [0.717, 1.165) is 18.5 Å². The second kappa shape index (κ2) is 3.98. The molecule has 80 valence electrons.